The second-order valence-corrected chi connectivity index (χ2v) is 7.24. The number of likely N-dealkylation sites (tertiary alicyclic amines) is 1. The van der Waals surface area contributed by atoms with Gasteiger partial charge in [0.15, 0.2) is 0 Å². The Bertz CT molecular complexity index is 822. The second-order valence-electron chi connectivity index (χ2n) is 7.24. The Labute approximate surface area is 170 Å². The highest BCUT2D eigenvalue weighted by Crippen LogP contribution is 2.25. The first-order valence-corrected chi connectivity index (χ1v) is 9.86. The van der Waals surface area contributed by atoms with Crippen LogP contribution < -0.4 is 14.8 Å². The quantitative estimate of drug-likeness (QED) is 0.709. The number of piperidine rings is 1. The lowest BCUT2D eigenvalue weighted by Crippen LogP contribution is -2.40. The fourth-order valence-electron chi connectivity index (χ4n) is 3.65. The summed E-state index contributed by atoms with van der Waals surface area (Å²) in [6.45, 7) is 1.84. The van der Waals surface area contributed by atoms with E-state index in [4.69, 9.17) is 9.47 Å². The first-order valence-electron chi connectivity index (χ1n) is 9.86. The van der Waals surface area contributed by atoms with Crippen molar-refractivity contribution < 1.29 is 19.1 Å². The monoisotopic (exact) mass is 400 g/mol. The molecule has 1 saturated heterocycles. The Kier molecular flexibility index (Phi) is 7.10. The third kappa shape index (κ3) is 5.49. The average molecular weight is 400 g/mol. The number of aromatic amines is 1. The summed E-state index contributed by atoms with van der Waals surface area (Å²) in [5.41, 5.74) is 1.48. The van der Waals surface area contributed by atoms with Gasteiger partial charge >= 0.3 is 0 Å². The average Bonchev–Trinajstić information content (AvgIpc) is 3.30. The zero-order valence-corrected chi connectivity index (χ0v) is 16.9. The molecule has 0 radical (unpaired) electrons. The summed E-state index contributed by atoms with van der Waals surface area (Å²) in [7, 11) is 3.20. The van der Waals surface area contributed by atoms with Crippen LogP contribution in [0.4, 0.5) is 0 Å². The van der Waals surface area contributed by atoms with E-state index in [1.165, 1.54) is 0 Å². The van der Waals surface area contributed by atoms with E-state index in [2.05, 4.69) is 15.5 Å². The maximum Gasteiger partial charge on any atom is 0.257 e. The van der Waals surface area contributed by atoms with E-state index < -0.39 is 0 Å². The van der Waals surface area contributed by atoms with Crippen LogP contribution in [-0.4, -0.2) is 54.2 Å². The molecular weight excluding hydrogens is 372 g/mol. The number of methoxy groups -OCH3 is 2. The first kappa shape index (κ1) is 20.7. The van der Waals surface area contributed by atoms with Gasteiger partial charge in [0, 0.05) is 43.9 Å². The number of ether oxygens (including phenoxy) is 2. The number of carbonyl (C=O) groups excluding carboxylic acids is 2. The first-order chi connectivity index (χ1) is 14.1. The third-order valence-electron chi connectivity index (χ3n) is 5.30. The number of carbonyl (C=O) groups is 2. The normalized spacial score (nSPS) is 16.3. The molecule has 0 unspecified atom stereocenters. The Morgan fingerprint density at radius 3 is 2.90 bits per heavy atom. The molecule has 8 nitrogen and oxygen atoms in total. The van der Waals surface area contributed by atoms with E-state index in [1.54, 1.807) is 32.7 Å². The summed E-state index contributed by atoms with van der Waals surface area (Å²) in [5, 5.41) is 9.47. The summed E-state index contributed by atoms with van der Waals surface area (Å²) in [6.07, 6.45) is 6.37. The molecule has 1 aliphatic rings. The molecule has 1 aromatic carbocycles. The highest BCUT2D eigenvalue weighted by atomic mass is 16.5. The molecule has 1 atom stereocenters. The number of nitrogens with one attached hydrogen (secondary N) is 2. The lowest BCUT2D eigenvalue weighted by atomic mass is 9.93. The smallest absolute Gasteiger partial charge is 0.257 e. The number of nitrogens with zero attached hydrogens (tertiary/aromatic N) is 2. The van der Waals surface area contributed by atoms with Gasteiger partial charge in [-0.1, -0.05) is 0 Å². The molecule has 2 amide bonds. The highest BCUT2D eigenvalue weighted by molar-refractivity contribution is 5.93. The van der Waals surface area contributed by atoms with Gasteiger partial charge in [0.2, 0.25) is 5.91 Å². The van der Waals surface area contributed by atoms with Gasteiger partial charge in [-0.3, -0.25) is 14.7 Å². The maximum atomic E-state index is 12.5. The van der Waals surface area contributed by atoms with E-state index in [9.17, 15) is 9.59 Å². The molecule has 3 rings (SSSR count). The lowest BCUT2D eigenvalue weighted by molar-refractivity contribution is -0.121. The van der Waals surface area contributed by atoms with Crippen molar-refractivity contribution in [1.82, 2.24) is 20.4 Å². The van der Waals surface area contributed by atoms with Crippen LogP contribution >= 0.6 is 0 Å². The molecule has 2 heterocycles. The number of aromatic nitrogens is 2. The molecule has 156 valence electrons. The van der Waals surface area contributed by atoms with Gasteiger partial charge in [0.25, 0.3) is 5.91 Å². The Balaban J connectivity index is 1.45. The molecule has 8 heteroatoms. The third-order valence-corrected chi connectivity index (χ3v) is 5.30. The molecule has 1 fully saturated rings. The molecule has 2 N–H and O–H groups in total. The molecule has 0 bridgehead atoms. The summed E-state index contributed by atoms with van der Waals surface area (Å²) >= 11 is 0. The maximum absolute atomic E-state index is 12.5. The largest absolute Gasteiger partial charge is 0.497 e. The molecule has 2 aromatic rings. The number of hydrogen-bond acceptors (Lipinski definition) is 5. The van der Waals surface area contributed by atoms with Crippen molar-refractivity contribution in [2.24, 2.45) is 5.92 Å². The minimum atomic E-state index is -0.000461. The van der Waals surface area contributed by atoms with Gasteiger partial charge in [-0.25, -0.2) is 0 Å². The fourth-order valence-corrected chi connectivity index (χ4v) is 3.65. The van der Waals surface area contributed by atoms with Crippen LogP contribution in [0.5, 0.6) is 11.5 Å². The van der Waals surface area contributed by atoms with Crippen LogP contribution in [0.3, 0.4) is 0 Å². The van der Waals surface area contributed by atoms with E-state index in [0.717, 1.165) is 31.4 Å². The van der Waals surface area contributed by atoms with Crippen LogP contribution in [0.1, 0.15) is 41.6 Å². The number of rotatable bonds is 8. The van der Waals surface area contributed by atoms with Gasteiger partial charge in [0.05, 0.1) is 26.0 Å². The zero-order chi connectivity index (χ0) is 20.6. The minimum absolute atomic E-state index is 0.000461. The van der Waals surface area contributed by atoms with Crippen LogP contribution in [-0.2, 0) is 11.3 Å². The van der Waals surface area contributed by atoms with Crippen LogP contribution in [0.2, 0.25) is 0 Å². The van der Waals surface area contributed by atoms with Crippen molar-refractivity contribution in [3.63, 3.8) is 0 Å². The van der Waals surface area contributed by atoms with Gasteiger partial charge < -0.3 is 19.7 Å². The van der Waals surface area contributed by atoms with Crippen molar-refractivity contribution in [3.05, 3.63) is 41.7 Å². The predicted octanol–water partition coefficient (Wildman–Crippen LogP) is 2.38. The minimum Gasteiger partial charge on any atom is -0.497 e. The van der Waals surface area contributed by atoms with Crippen LogP contribution in [0.15, 0.2) is 30.6 Å². The zero-order valence-electron chi connectivity index (χ0n) is 16.9. The Morgan fingerprint density at radius 1 is 1.31 bits per heavy atom. The van der Waals surface area contributed by atoms with Gasteiger partial charge in [0.1, 0.15) is 11.5 Å². The van der Waals surface area contributed by atoms with Crippen molar-refractivity contribution in [2.75, 3.05) is 27.3 Å². The topological polar surface area (TPSA) is 96.5 Å². The summed E-state index contributed by atoms with van der Waals surface area (Å²) in [6, 6.07) is 5.53. The molecule has 0 spiro atoms. The van der Waals surface area contributed by atoms with Gasteiger partial charge in [-0.15, -0.1) is 0 Å². The fraction of sp³-hybridized carbons (Fsp3) is 0.476. The second kappa shape index (κ2) is 9.95. The standard InChI is InChI=1S/C21H28N4O4/c1-28-18-7-6-16(19(10-18)29-2)11-22-20(26)8-5-15-4-3-9-25(14-15)21(27)17-12-23-24-13-17/h6-7,10,12-13,15H,3-5,8-9,11,14H2,1-2H3,(H,22,26)(H,23,24)/t15-/m1/s1. The molecule has 0 aliphatic carbocycles. The number of benzene rings is 1. The van der Waals surface area contributed by atoms with Crippen LogP contribution in [0, 0.1) is 5.92 Å². The van der Waals surface area contributed by atoms with Crippen molar-refractivity contribution in [3.8, 4) is 11.5 Å². The summed E-state index contributed by atoms with van der Waals surface area (Å²) < 4.78 is 10.6. The number of H-pyrrole nitrogens is 1. The molecule has 0 saturated carbocycles. The molecular formula is C21H28N4O4. The van der Waals surface area contributed by atoms with E-state index in [0.29, 0.717) is 42.5 Å². The summed E-state index contributed by atoms with van der Waals surface area (Å²) in [4.78, 5) is 26.7. The molecule has 1 aliphatic heterocycles. The van der Waals surface area contributed by atoms with E-state index in [1.807, 2.05) is 17.0 Å². The van der Waals surface area contributed by atoms with Gasteiger partial charge in [-0.05, 0) is 37.3 Å². The molecule has 29 heavy (non-hydrogen) atoms. The lowest BCUT2D eigenvalue weighted by Gasteiger charge is -2.32. The summed E-state index contributed by atoms with van der Waals surface area (Å²) in [5.74, 6) is 1.73. The van der Waals surface area contributed by atoms with Crippen molar-refractivity contribution in [1.29, 1.82) is 0 Å². The SMILES string of the molecule is COc1ccc(CNC(=O)CC[C@H]2CCCN(C(=O)c3cn[nH]c3)C2)c(OC)c1. The Hall–Kier alpha value is -3.03. The predicted molar refractivity (Wildman–Crippen MR) is 108 cm³/mol. The van der Waals surface area contributed by atoms with Crippen LogP contribution in [0.25, 0.3) is 0 Å². The van der Waals surface area contributed by atoms with Gasteiger partial charge in [-0.2, -0.15) is 5.10 Å². The highest BCUT2D eigenvalue weighted by Gasteiger charge is 2.25. The molecule has 1 aromatic heterocycles. The number of amides is 2. The van der Waals surface area contributed by atoms with E-state index >= 15 is 0 Å². The van der Waals surface area contributed by atoms with Crippen molar-refractivity contribution >= 4 is 11.8 Å². The van der Waals surface area contributed by atoms with E-state index in [-0.39, 0.29) is 11.8 Å². The Morgan fingerprint density at radius 2 is 2.17 bits per heavy atom. The van der Waals surface area contributed by atoms with Crippen molar-refractivity contribution in [2.45, 2.75) is 32.2 Å². The number of hydrogen-bond donors (Lipinski definition) is 2.